The van der Waals surface area contributed by atoms with Gasteiger partial charge in [-0.3, -0.25) is 9.48 Å². The number of nitrogens with zero attached hydrogens (tertiary/aromatic N) is 4. The van der Waals surface area contributed by atoms with Crippen molar-refractivity contribution in [2.45, 2.75) is 93.4 Å². The van der Waals surface area contributed by atoms with Gasteiger partial charge in [0.1, 0.15) is 14.8 Å². The van der Waals surface area contributed by atoms with Crippen LogP contribution < -0.4 is 5.32 Å². The molecule has 0 bridgehead atoms. The summed E-state index contributed by atoms with van der Waals surface area (Å²) in [7, 11) is -4.29. The first-order chi connectivity index (χ1) is 20.2. The highest BCUT2D eigenvalue weighted by Crippen LogP contribution is 2.38. The van der Waals surface area contributed by atoms with Crippen molar-refractivity contribution in [1.82, 2.24) is 25.0 Å². The molecule has 240 valence electrons. The molecule has 1 aliphatic heterocycles. The number of hydrogen-bond acceptors (Lipinski definition) is 9. The number of benzene rings is 1. The number of thiazole rings is 1. The average molecular weight is 662 g/mol. The Balaban J connectivity index is 1.60. The normalized spacial score (nSPS) is 16.3. The quantitative estimate of drug-likeness (QED) is 0.307. The van der Waals surface area contributed by atoms with E-state index >= 15 is 0 Å². The minimum absolute atomic E-state index is 0.00392. The van der Waals surface area contributed by atoms with Gasteiger partial charge < -0.3 is 19.4 Å². The van der Waals surface area contributed by atoms with Crippen molar-refractivity contribution >= 4 is 41.5 Å². The number of rotatable bonds is 8. The molecule has 0 unspecified atom stereocenters. The minimum Gasteiger partial charge on any atom is -0.444 e. The van der Waals surface area contributed by atoms with E-state index in [2.05, 4.69) is 49.3 Å². The summed E-state index contributed by atoms with van der Waals surface area (Å²) in [6.45, 7) is 17.2. The minimum atomic E-state index is -4.04. The van der Waals surface area contributed by atoms with Crippen molar-refractivity contribution < 1.29 is 27.2 Å². The molecule has 14 heteroatoms. The van der Waals surface area contributed by atoms with Crippen LogP contribution >= 0.6 is 11.3 Å². The fourth-order valence-corrected chi connectivity index (χ4v) is 8.45. The van der Waals surface area contributed by atoms with E-state index in [9.17, 15) is 18.0 Å². The number of aromatic nitrogens is 3. The van der Waals surface area contributed by atoms with E-state index < -0.39 is 29.8 Å². The number of carbonyl (C=O) groups is 2. The molecule has 1 aromatic carbocycles. The van der Waals surface area contributed by atoms with Crippen LogP contribution in [0, 0.1) is 0 Å². The van der Waals surface area contributed by atoms with Crippen LogP contribution in [0.5, 0.6) is 0 Å². The van der Waals surface area contributed by atoms with Crippen molar-refractivity contribution in [2.24, 2.45) is 7.05 Å². The van der Waals surface area contributed by atoms with Gasteiger partial charge in [0.25, 0.3) is 5.91 Å². The predicted octanol–water partition coefficient (Wildman–Crippen LogP) is 5.64. The van der Waals surface area contributed by atoms with Gasteiger partial charge in [-0.15, -0.1) is 11.3 Å². The first-order valence-electron chi connectivity index (χ1n) is 14.5. The molecular weight excluding hydrogens is 619 g/mol. The lowest BCUT2D eigenvalue weighted by atomic mass is 10.1. The lowest BCUT2D eigenvalue weighted by molar-refractivity contribution is 0.0523. The van der Waals surface area contributed by atoms with Gasteiger partial charge in [0, 0.05) is 37.5 Å². The zero-order valence-corrected chi connectivity index (χ0v) is 29.6. The molecule has 4 rings (SSSR count). The Labute approximate surface area is 265 Å². The van der Waals surface area contributed by atoms with Crippen molar-refractivity contribution in [1.29, 1.82) is 0 Å². The molecule has 1 N–H and O–H groups in total. The van der Waals surface area contributed by atoms with Crippen molar-refractivity contribution in [3.63, 3.8) is 0 Å². The number of aryl methyl sites for hydroxylation is 1. The number of amides is 2. The zero-order valence-electron chi connectivity index (χ0n) is 26.9. The first kappa shape index (κ1) is 33.8. The van der Waals surface area contributed by atoms with Gasteiger partial charge in [-0.05, 0) is 69.1 Å². The van der Waals surface area contributed by atoms with Gasteiger partial charge in [-0.25, -0.2) is 18.2 Å². The van der Waals surface area contributed by atoms with Crippen LogP contribution in [0.4, 0.5) is 4.79 Å². The molecule has 3 heterocycles. The van der Waals surface area contributed by atoms with Gasteiger partial charge in [0.15, 0.2) is 8.32 Å². The maximum Gasteiger partial charge on any atom is 0.408 e. The molecule has 3 aromatic rings. The second-order valence-electron chi connectivity index (χ2n) is 13.6. The third-order valence-electron chi connectivity index (χ3n) is 7.78. The summed E-state index contributed by atoms with van der Waals surface area (Å²) in [6.07, 6.45) is 4.72. The largest absolute Gasteiger partial charge is 0.444 e. The van der Waals surface area contributed by atoms with Gasteiger partial charge in [0.2, 0.25) is 9.84 Å². The Morgan fingerprint density at radius 1 is 1.09 bits per heavy atom. The number of alkyl carbamates (subject to hydrolysis) is 1. The smallest absolute Gasteiger partial charge is 0.408 e. The highest BCUT2D eigenvalue weighted by molar-refractivity contribution is 7.93. The Morgan fingerprint density at radius 3 is 2.41 bits per heavy atom. The molecule has 2 amide bonds. The van der Waals surface area contributed by atoms with Gasteiger partial charge in [-0.1, -0.05) is 20.8 Å². The molecular formula is C30H43N5O6S2Si. The molecule has 0 radical (unpaired) electrons. The van der Waals surface area contributed by atoms with Crippen LogP contribution in [0.1, 0.15) is 63.3 Å². The Kier molecular flexibility index (Phi) is 9.51. The Hall–Kier alpha value is -3.07. The van der Waals surface area contributed by atoms with Crippen molar-refractivity contribution in [2.75, 3.05) is 13.1 Å². The summed E-state index contributed by atoms with van der Waals surface area (Å²) >= 11 is 0.954. The lowest BCUT2D eigenvalue weighted by Crippen LogP contribution is -2.44. The van der Waals surface area contributed by atoms with Gasteiger partial charge in [0.05, 0.1) is 29.9 Å². The summed E-state index contributed by atoms with van der Waals surface area (Å²) in [5.41, 5.74) is 0.857. The number of sulfone groups is 1. The third-order valence-corrected chi connectivity index (χ3v) is 15.5. The number of nitrogens with one attached hydrogen (secondary N) is 1. The molecule has 1 atom stereocenters. The Morgan fingerprint density at radius 2 is 1.80 bits per heavy atom. The molecule has 2 aromatic heterocycles. The maximum atomic E-state index is 13.9. The molecule has 11 nitrogen and oxygen atoms in total. The van der Waals surface area contributed by atoms with E-state index in [0.717, 1.165) is 17.8 Å². The van der Waals surface area contributed by atoms with Crippen molar-refractivity contribution in [3.05, 3.63) is 47.4 Å². The molecule has 1 fully saturated rings. The van der Waals surface area contributed by atoms with E-state index in [-0.39, 0.29) is 38.3 Å². The van der Waals surface area contributed by atoms with E-state index in [0.29, 0.717) is 29.2 Å². The Bertz CT molecular complexity index is 1640. The molecule has 1 saturated heterocycles. The van der Waals surface area contributed by atoms with Crippen LogP contribution in [0.3, 0.4) is 0 Å². The van der Waals surface area contributed by atoms with Gasteiger partial charge >= 0.3 is 6.09 Å². The number of ether oxygens (including phenoxy) is 1. The van der Waals surface area contributed by atoms with Crippen LogP contribution in [-0.4, -0.2) is 73.2 Å². The monoisotopic (exact) mass is 661 g/mol. The SMILES string of the molecule is Cn1cc(-c2cc(C(=O)N3CC[C@@H](O[Si](C)(C)C(C)(C)C)C3)cc(S(=O)(=O)c3cnc(CNC(=O)OC(C)(C)C)s3)c2)cn1. The van der Waals surface area contributed by atoms with E-state index in [1.807, 2.05) is 0 Å². The maximum absolute atomic E-state index is 13.9. The van der Waals surface area contributed by atoms with Crippen LogP contribution in [0.2, 0.25) is 18.1 Å². The topological polar surface area (TPSA) is 133 Å². The van der Waals surface area contributed by atoms with E-state index in [1.165, 1.54) is 12.3 Å². The van der Waals surface area contributed by atoms with Crippen LogP contribution in [-0.2, 0) is 32.6 Å². The van der Waals surface area contributed by atoms with E-state index in [4.69, 9.17) is 9.16 Å². The molecule has 0 spiro atoms. The second kappa shape index (κ2) is 12.4. The first-order valence-corrected chi connectivity index (χ1v) is 19.7. The van der Waals surface area contributed by atoms with Crippen LogP contribution in [0.25, 0.3) is 11.1 Å². The summed E-state index contributed by atoms with van der Waals surface area (Å²) in [6, 6.07) is 4.69. The fraction of sp³-hybridized carbons (Fsp3) is 0.533. The lowest BCUT2D eigenvalue weighted by Gasteiger charge is -2.38. The number of carbonyl (C=O) groups excluding carboxylic acids is 2. The number of likely N-dealkylation sites (tertiary alicyclic amines) is 1. The molecule has 0 saturated carbocycles. The zero-order chi connectivity index (χ0) is 32.7. The summed E-state index contributed by atoms with van der Waals surface area (Å²) in [4.78, 5) is 31.8. The molecule has 0 aliphatic carbocycles. The second-order valence-corrected chi connectivity index (χ2v) is 21.7. The third kappa shape index (κ3) is 7.95. The number of hydrogen-bond donors (Lipinski definition) is 1. The summed E-state index contributed by atoms with van der Waals surface area (Å²) in [5, 5.41) is 7.28. The van der Waals surface area contributed by atoms with Crippen LogP contribution in [0.15, 0.2) is 45.9 Å². The summed E-state index contributed by atoms with van der Waals surface area (Å²) in [5.74, 6) is -0.250. The standard InChI is InChI=1S/C30H43N5O6S2Si/c1-29(2,3)40-28(37)32-16-25-31-17-26(42-25)43(38,39)24-13-20(22-15-33-34(7)18-22)12-21(14-24)27(36)35-11-10-23(19-35)41-44(8,9)30(4,5)6/h12-15,17-18,23H,10-11,16,19H2,1-9H3,(H,32,37)/t23-/m1/s1. The average Bonchev–Trinajstić information content (AvgIpc) is 3.66. The van der Waals surface area contributed by atoms with Gasteiger partial charge in [-0.2, -0.15) is 5.10 Å². The summed E-state index contributed by atoms with van der Waals surface area (Å²) < 4.78 is 41.2. The molecule has 44 heavy (non-hydrogen) atoms. The predicted molar refractivity (Wildman–Crippen MR) is 172 cm³/mol. The highest BCUT2D eigenvalue weighted by atomic mass is 32.2. The fourth-order valence-electron chi connectivity index (χ4n) is 4.48. The highest BCUT2D eigenvalue weighted by Gasteiger charge is 2.41. The van der Waals surface area contributed by atoms with Crippen molar-refractivity contribution in [3.8, 4) is 11.1 Å². The van der Waals surface area contributed by atoms with E-state index in [1.54, 1.807) is 61.9 Å². The molecule has 1 aliphatic rings.